The molecule has 1 amide bonds. The largest absolute Gasteiger partial charge is 0.352 e. The highest BCUT2D eigenvalue weighted by Crippen LogP contribution is 2.38. The van der Waals surface area contributed by atoms with E-state index in [1.807, 2.05) is 0 Å². The van der Waals surface area contributed by atoms with Gasteiger partial charge in [-0.25, -0.2) is 0 Å². The molecule has 110 valence electrons. The van der Waals surface area contributed by atoms with E-state index in [0.717, 1.165) is 19.4 Å². The zero-order chi connectivity index (χ0) is 14.0. The molecule has 4 unspecified atom stereocenters. The second-order valence-corrected chi connectivity index (χ2v) is 7.57. The van der Waals surface area contributed by atoms with Crippen LogP contribution in [0.2, 0.25) is 0 Å². The third-order valence-corrected chi connectivity index (χ3v) is 5.02. The lowest BCUT2D eigenvalue weighted by Crippen LogP contribution is -2.52. The van der Waals surface area contributed by atoms with Gasteiger partial charge in [0.1, 0.15) is 0 Å². The standard InChI is InChI=1S/C16H30N2O/c1-11-9-10-17-14(11)15(19)18-13-8-6-5-7-12(13)16(2,3)4/h11-14,17H,5-10H2,1-4H3,(H,18,19). The van der Waals surface area contributed by atoms with Crippen molar-refractivity contribution >= 4 is 5.91 Å². The first-order chi connectivity index (χ1) is 8.89. The van der Waals surface area contributed by atoms with Crippen LogP contribution in [0.15, 0.2) is 0 Å². The smallest absolute Gasteiger partial charge is 0.237 e. The molecule has 4 atom stereocenters. The van der Waals surface area contributed by atoms with Gasteiger partial charge >= 0.3 is 0 Å². The van der Waals surface area contributed by atoms with E-state index >= 15 is 0 Å². The highest BCUT2D eigenvalue weighted by Gasteiger charge is 2.37. The first kappa shape index (κ1) is 14.8. The van der Waals surface area contributed by atoms with Gasteiger partial charge in [-0.15, -0.1) is 0 Å². The van der Waals surface area contributed by atoms with Gasteiger partial charge in [0.25, 0.3) is 0 Å². The van der Waals surface area contributed by atoms with Crippen LogP contribution in [-0.2, 0) is 4.79 Å². The van der Waals surface area contributed by atoms with Crippen LogP contribution < -0.4 is 10.6 Å². The van der Waals surface area contributed by atoms with Crippen molar-refractivity contribution in [2.24, 2.45) is 17.3 Å². The molecule has 2 rings (SSSR count). The highest BCUT2D eigenvalue weighted by atomic mass is 16.2. The normalized spacial score (nSPS) is 36.2. The van der Waals surface area contributed by atoms with Crippen molar-refractivity contribution in [3.05, 3.63) is 0 Å². The molecular weight excluding hydrogens is 236 g/mol. The lowest BCUT2D eigenvalue weighted by molar-refractivity contribution is -0.125. The fraction of sp³-hybridized carbons (Fsp3) is 0.938. The van der Waals surface area contributed by atoms with Crippen LogP contribution in [0.4, 0.5) is 0 Å². The number of hydrogen-bond acceptors (Lipinski definition) is 2. The maximum absolute atomic E-state index is 12.4. The van der Waals surface area contributed by atoms with Crippen molar-refractivity contribution in [2.75, 3.05) is 6.54 Å². The molecule has 19 heavy (non-hydrogen) atoms. The molecule has 0 aromatic heterocycles. The second kappa shape index (κ2) is 5.82. The van der Waals surface area contributed by atoms with Crippen molar-refractivity contribution < 1.29 is 4.79 Å². The first-order valence-corrected chi connectivity index (χ1v) is 7.93. The molecule has 1 saturated carbocycles. The summed E-state index contributed by atoms with van der Waals surface area (Å²) in [6.07, 6.45) is 6.08. The van der Waals surface area contributed by atoms with Crippen LogP contribution in [0.25, 0.3) is 0 Å². The molecule has 2 aliphatic rings. The van der Waals surface area contributed by atoms with E-state index in [9.17, 15) is 4.79 Å². The van der Waals surface area contributed by atoms with E-state index in [-0.39, 0.29) is 17.4 Å². The van der Waals surface area contributed by atoms with Gasteiger partial charge in [0.2, 0.25) is 5.91 Å². The average molecular weight is 266 g/mol. The Labute approximate surface area is 117 Å². The first-order valence-electron chi connectivity index (χ1n) is 7.93. The van der Waals surface area contributed by atoms with Gasteiger partial charge in [0.05, 0.1) is 6.04 Å². The van der Waals surface area contributed by atoms with Crippen molar-refractivity contribution in [3.63, 3.8) is 0 Å². The van der Waals surface area contributed by atoms with E-state index in [0.29, 0.717) is 17.9 Å². The molecule has 1 aliphatic carbocycles. The van der Waals surface area contributed by atoms with Crippen LogP contribution in [0.5, 0.6) is 0 Å². The van der Waals surface area contributed by atoms with Gasteiger partial charge in [-0.3, -0.25) is 4.79 Å². The minimum atomic E-state index is 0.0301. The number of hydrogen-bond donors (Lipinski definition) is 2. The van der Waals surface area contributed by atoms with Crippen LogP contribution in [0.1, 0.15) is 59.8 Å². The molecule has 2 fully saturated rings. The number of nitrogens with one attached hydrogen (secondary N) is 2. The summed E-state index contributed by atoms with van der Waals surface area (Å²) in [4.78, 5) is 12.4. The fourth-order valence-corrected chi connectivity index (χ4v) is 3.80. The number of amides is 1. The zero-order valence-electron chi connectivity index (χ0n) is 13.0. The Morgan fingerprint density at radius 1 is 1.16 bits per heavy atom. The Balaban J connectivity index is 1.97. The fourth-order valence-electron chi connectivity index (χ4n) is 3.80. The molecule has 1 saturated heterocycles. The number of rotatable bonds is 2. The van der Waals surface area contributed by atoms with Gasteiger partial charge < -0.3 is 10.6 Å². The summed E-state index contributed by atoms with van der Waals surface area (Å²) >= 11 is 0. The van der Waals surface area contributed by atoms with Crippen LogP contribution >= 0.6 is 0 Å². The quantitative estimate of drug-likeness (QED) is 0.807. The van der Waals surface area contributed by atoms with E-state index in [2.05, 4.69) is 38.3 Å². The molecule has 0 radical (unpaired) electrons. The van der Waals surface area contributed by atoms with Gasteiger partial charge in [0, 0.05) is 6.04 Å². The maximum atomic E-state index is 12.4. The summed E-state index contributed by atoms with van der Waals surface area (Å²) in [5, 5.41) is 6.68. The van der Waals surface area contributed by atoms with Gasteiger partial charge in [-0.1, -0.05) is 40.5 Å². The number of carbonyl (C=O) groups excluding carboxylic acids is 1. The lowest BCUT2D eigenvalue weighted by atomic mass is 9.69. The summed E-state index contributed by atoms with van der Waals surface area (Å²) in [5.41, 5.74) is 0.285. The SMILES string of the molecule is CC1CCNC1C(=O)NC1CCCCC1C(C)(C)C. The Hall–Kier alpha value is -0.570. The van der Waals surface area contributed by atoms with Gasteiger partial charge in [0.15, 0.2) is 0 Å². The van der Waals surface area contributed by atoms with Gasteiger partial charge in [-0.05, 0) is 43.1 Å². The van der Waals surface area contributed by atoms with Crippen LogP contribution in [-0.4, -0.2) is 24.5 Å². The summed E-state index contributed by atoms with van der Waals surface area (Å²) in [6, 6.07) is 0.401. The molecule has 0 bridgehead atoms. The highest BCUT2D eigenvalue weighted by molar-refractivity contribution is 5.82. The Bertz CT molecular complexity index is 321. The molecular formula is C16H30N2O. The molecule has 2 N–H and O–H groups in total. The zero-order valence-corrected chi connectivity index (χ0v) is 13.0. The molecule has 3 heteroatoms. The summed E-state index contributed by atoms with van der Waals surface area (Å²) < 4.78 is 0. The van der Waals surface area contributed by atoms with Gasteiger partial charge in [-0.2, -0.15) is 0 Å². The third kappa shape index (κ3) is 3.50. The molecule has 0 spiro atoms. The maximum Gasteiger partial charge on any atom is 0.237 e. The molecule has 1 aliphatic heterocycles. The summed E-state index contributed by atoms with van der Waals surface area (Å²) in [7, 11) is 0. The van der Waals surface area contributed by atoms with Crippen LogP contribution in [0.3, 0.4) is 0 Å². The average Bonchev–Trinajstić information content (AvgIpc) is 2.75. The molecule has 0 aromatic rings. The molecule has 0 aromatic carbocycles. The monoisotopic (exact) mass is 266 g/mol. The topological polar surface area (TPSA) is 41.1 Å². The Morgan fingerprint density at radius 3 is 2.42 bits per heavy atom. The number of carbonyl (C=O) groups is 1. The third-order valence-electron chi connectivity index (χ3n) is 5.02. The van der Waals surface area contributed by atoms with Crippen molar-refractivity contribution in [1.29, 1.82) is 0 Å². The van der Waals surface area contributed by atoms with Crippen LogP contribution in [0, 0.1) is 17.3 Å². The van der Waals surface area contributed by atoms with Crippen molar-refractivity contribution in [2.45, 2.75) is 71.9 Å². The Morgan fingerprint density at radius 2 is 1.84 bits per heavy atom. The summed E-state index contributed by atoms with van der Waals surface area (Å²) in [5.74, 6) is 1.31. The summed E-state index contributed by atoms with van der Waals surface area (Å²) in [6.45, 7) is 10.1. The second-order valence-electron chi connectivity index (χ2n) is 7.57. The predicted molar refractivity (Wildman–Crippen MR) is 78.9 cm³/mol. The van der Waals surface area contributed by atoms with Crippen molar-refractivity contribution in [1.82, 2.24) is 10.6 Å². The molecule has 3 nitrogen and oxygen atoms in total. The van der Waals surface area contributed by atoms with E-state index in [1.165, 1.54) is 19.3 Å². The van der Waals surface area contributed by atoms with E-state index < -0.39 is 0 Å². The van der Waals surface area contributed by atoms with E-state index in [1.54, 1.807) is 0 Å². The van der Waals surface area contributed by atoms with E-state index in [4.69, 9.17) is 0 Å². The minimum absolute atomic E-state index is 0.0301. The molecule has 1 heterocycles. The Kier molecular flexibility index (Phi) is 4.54. The minimum Gasteiger partial charge on any atom is -0.352 e. The lowest BCUT2D eigenvalue weighted by Gasteiger charge is -2.41. The van der Waals surface area contributed by atoms with Crippen molar-refractivity contribution in [3.8, 4) is 0 Å². The predicted octanol–water partition coefficient (Wildman–Crippen LogP) is 2.71.